The molecule has 0 aliphatic heterocycles. The summed E-state index contributed by atoms with van der Waals surface area (Å²) in [6.45, 7) is 4.60. The predicted molar refractivity (Wildman–Crippen MR) is 71.9 cm³/mol. The van der Waals surface area contributed by atoms with Gasteiger partial charge in [0.15, 0.2) is 6.29 Å². The van der Waals surface area contributed by atoms with Crippen LogP contribution in [0.1, 0.15) is 52.4 Å². The third-order valence-corrected chi connectivity index (χ3v) is 3.67. The van der Waals surface area contributed by atoms with Crippen LogP contribution in [0.3, 0.4) is 0 Å². The number of rotatable bonds is 7. The Balaban J connectivity index is 2.29. The second-order valence-corrected chi connectivity index (χ2v) is 5.52. The summed E-state index contributed by atoms with van der Waals surface area (Å²) in [4.78, 5) is 0. The first kappa shape index (κ1) is 14.7. The molecule has 1 rings (SSSR count). The number of allylic oxidation sites excluding steroid dienone is 2. The molecule has 0 saturated heterocycles. The largest absolute Gasteiger partial charge is 0.356 e. The second-order valence-electron chi connectivity index (χ2n) is 5.52. The molecule has 0 saturated carbocycles. The van der Waals surface area contributed by atoms with Gasteiger partial charge in [0.25, 0.3) is 0 Å². The smallest absolute Gasteiger partial charge is 0.159 e. The summed E-state index contributed by atoms with van der Waals surface area (Å²) in [5.41, 5.74) is 1.65. The lowest BCUT2D eigenvalue weighted by atomic mass is 9.86. The summed E-state index contributed by atoms with van der Waals surface area (Å²) >= 11 is 0. The van der Waals surface area contributed by atoms with Crippen LogP contribution < -0.4 is 0 Å². The molecule has 1 aliphatic rings. The molecule has 0 aromatic carbocycles. The minimum Gasteiger partial charge on any atom is -0.356 e. The van der Waals surface area contributed by atoms with Gasteiger partial charge in [0, 0.05) is 20.1 Å². The van der Waals surface area contributed by atoms with Gasteiger partial charge in [-0.2, -0.15) is 0 Å². The van der Waals surface area contributed by atoms with Crippen molar-refractivity contribution in [2.24, 2.45) is 11.8 Å². The maximum Gasteiger partial charge on any atom is 0.159 e. The van der Waals surface area contributed by atoms with Crippen molar-refractivity contribution in [3.8, 4) is 0 Å². The summed E-state index contributed by atoms with van der Waals surface area (Å²) < 4.78 is 10.7. The maximum atomic E-state index is 5.34. The molecule has 2 nitrogen and oxygen atoms in total. The summed E-state index contributed by atoms with van der Waals surface area (Å²) in [6, 6.07) is 0. The Hall–Kier alpha value is -0.340. The fourth-order valence-electron chi connectivity index (χ4n) is 2.60. The summed E-state index contributed by atoms with van der Waals surface area (Å²) in [7, 11) is 3.46. The molecule has 1 unspecified atom stereocenters. The molecule has 100 valence electrons. The van der Waals surface area contributed by atoms with E-state index in [0.717, 1.165) is 12.3 Å². The van der Waals surface area contributed by atoms with E-state index in [0.29, 0.717) is 5.92 Å². The average molecular weight is 240 g/mol. The first-order valence-electron chi connectivity index (χ1n) is 6.90. The Morgan fingerprint density at radius 1 is 1.29 bits per heavy atom. The molecule has 0 N–H and O–H groups in total. The molecule has 0 heterocycles. The van der Waals surface area contributed by atoms with E-state index >= 15 is 0 Å². The normalized spacial score (nSPS) is 21.1. The molecule has 1 aliphatic carbocycles. The van der Waals surface area contributed by atoms with E-state index in [1.54, 1.807) is 19.8 Å². The fourth-order valence-corrected chi connectivity index (χ4v) is 2.60. The van der Waals surface area contributed by atoms with Gasteiger partial charge in [-0.1, -0.05) is 31.9 Å². The van der Waals surface area contributed by atoms with Crippen molar-refractivity contribution in [1.82, 2.24) is 0 Å². The highest BCUT2D eigenvalue weighted by molar-refractivity contribution is 5.06. The maximum absolute atomic E-state index is 5.34. The molecule has 0 bridgehead atoms. The topological polar surface area (TPSA) is 18.5 Å². The van der Waals surface area contributed by atoms with Crippen molar-refractivity contribution in [2.75, 3.05) is 14.2 Å². The van der Waals surface area contributed by atoms with Crippen LogP contribution in [-0.4, -0.2) is 20.5 Å². The van der Waals surface area contributed by atoms with Gasteiger partial charge in [0.1, 0.15) is 0 Å². The monoisotopic (exact) mass is 240 g/mol. The van der Waals surface area contributed by atoms with E-state index in [-0.39, 0.29) is 6.29 Å². The lowest BCUT2D eigenvalue weighted by Gasteiger charge is -2.27. The van der Waals surface area contributed by atoms with Gasteiger partial charge < -0.3 is 9.47 Å². The number of hydrogen-bond donors (Lipinski definition) is 0. The van der Waals surface area contributed by atoms with E-state index < -0.39 is 0 Å². The van der Waals surface area contributed by atoms with Gasteiger partial charge in [0.05, 0.1) is 0 Å². The quantitative estimate of drug-likeness (QED) is 0.491. The van der Waals surface area contributed by atoms with Crippen LogP contribution in [0.5, 0.6) is 0 Å². The van der Waals surface area contributed by atoms with Crippen LogP contribution in [0.25, 0.3) is 0 Å². The standard InChI is InChI=1S/C15H28O2/c1-12(2)6-5-7-13-8-10-14(11-9-13)15(16-3)17-4/h8,12,14-15H,5-7,9-11H2,1-4H3. The molecule has 2 heteroatoms. The molecule has 0 amide bonds. The minimum absolute atomic E-state index is 0.0246. The Bertz CT molecular complexity index is 229. The van der Waals surface area contributed by atoms with Crippen LogP contribution >= 0.6 is 0 Å². The Labute approximate surface area is 106 Å². The van der Waals surface area contributed by atoms with Crippen LogP contribution in [0.15, 0.2) is 11.6 Å². The number of hydrogen-bond acceptors (Lipinski definition) is 2. The Morgan fingerprint density at radius 2 is 2.00 bits per heavy atom. The third-order valence-electron chi connectivity index (χ3n) is 3.67. The molecule has 0 fully saturated rings. The van der Waals surface area contributed by atoms with Crippen LogP contribution in [0.2, 0.25) is 0 Å². The zero-order valence-electron chi connectivity index (χ0n) is 11.9. The van der Waals surface area contributed by atoms with Crippen LogP contribution in [-0.2, 0) is 9.47 Å². The van der Waals surface area contributed by atoms with Crippen molar-refractivity contribution in [1.29, 1.82) is 0 Å². The van der Waals surface area contributed by atoms with Crippen molar-refractivity contribution in [3.05, 3.63) is 11.6 Å². The summed E-state index contributed by atoms with van der Waals surface area (Å²) in [5, 5.41) is 0. The molecular formula is C15H28O2. The van der Waals surface area contributed by atoms with Gasteiger partial charge in [-0.25, -0.2) is 0 Å². The Morgan fingerprint density at radius 3 is 2.47 bits per heavy atom. The SMILES string of the molecule is COC(OC)C1CC=C(CCCC(C)C)CC1. The summed E-state index contributed by atoms with van der Waals surface area (Å²) in [6.07, 6.45) is 9.92. The van der Waals surface area contributed by atoms with Crippen molar-refractivity contribution < 1.29 is 9.47 Å². The molecule has 1 atom stereocenters. The molecule has 0 aromatic heterocycles. The number of methoxy groups -OCH3 is 2. The zero-order chi connectivity index (χ0) is 12.7. The average Bonchev–Trinajstić information content (AvgIpc) is 2.32. The van der Waals surface area contributed by atoms with Crippen molar-refractivity contribution >= 4 is 0 Å². The molecule has 0 radical (unpaired) electrons. The molecule has 0 spiro atoms. The highest BCUT2D eigenvalue weighted by Crippen LogP contribution is 2.30. The van der Waals surface area contributed by atoms with Gasteiger partial charge in [-0.15, -0.1) is 0 Å². The van der Waals surface area contributed by atoms with Crippen LogP contribution in [0, 0.1) is 11.8 Å². The van der Waals surface area contributed by atoms with E-state index in [2.05, 4.69) is 19.9 Å². The van der Waals surface area contributed by atoms with E-state index in [4.69, 9.17) is 9.47 Å². The van der Waals surface area contributed by atoms with Crippen molar-refractivity contribution in [3.63, 3.8) is 0 Å². The van der Waals surface area contributed by atoms with Gasteiger partial charge >= 0.3 is 0 Å². The van der Waals surface area contributed by atoms with Gasteiger partial charge in [-0.3, -0.25) is 0 Å². The minimum atomic E-state index is -0.0246. The fraction of sp³-hybridized carbons (Fsp3) is 0.867. The highest BCUT2D eigenvalue weighted by Gasteiger charge is 2.23. The second kappa shape index (κ2) is 7.88. The van der Waals surface area contributed by atoms with Gasteiger partial charge in [0.2, 0.25) is 0 Å². The van der Waals surface area contributed by atoms with E-state index in [1.165, 1.54) is 32.1 Å². The predicted octanol–water partition coefficient (Wildman–Crippen LogP) is 4.16. The third kappa shape index (κ3) is 5.22. The Kier molecular flexibility index (Phi) is 6.83. The molecule has 17 heavy (non-hydrogen) atoms. The first-order chi connectivity index (χ1) is 8.17. The molecular weight excluding hydrogens is 212 g/mol. The lowest BCUT2D eigenvalue weighted by Crippen LogP contribution is -2.26. The number of ether oxygens (including phenoxy) is 2. The van der Waals surface area contributed by atoms with Crippen molar-refractivity contribution in [2.45, 2.75) is 58.7 Å². The lowest BCUT2D eigenvalue weighted by molar-refractivity contribution is -0.138. The van der Waals surface area contributed by atoms with E-state index in [1.807, 2.05) is 0 Å². The van der Waals surface area contributed by atoms with Crippen LogP contribution in [0.4, 0.5) is 0 Å². The zero-order valence-corrected chi connectivity index (χ0v) is 11.9. The first-order valence-corrected chi connectivity index (χ1v) is 6.90. The highest BCUT2D eigenvalue weighted by atomic mass is 16.7. The summed E-state index contributed by atoms with van der Waals surface area (Å²) in [5.74, 6) is 1.37. The van der Waals surface area contributed by atoms with E-state index in [9.17, 15) is 0 Å². The molecule has 0 aromatic rings. The van der Waals surface area contributed by atoms with Gasteiger partial charge in [-0.05, 0) is 38.0 Å².